The molecule has 6 nitrogen and oxygen atoms in total. The van der Waals surface area contributed by atoms with Gasteiger partial charge in [0.1, 0.15) is 17.2 Å². The first-order chi connectivity index (χ1) is 12.8. The summed E-state index contributed by atoms with van der Waals surface area (Å²) in [7, 11) is 0. The second-order valence-electron chi connectivity index (χ2n) is 5.85. The number of hydrogen-bond acceptors (Lipinski definition) is 4. The Labute approximate surface area is 149 Å². The third kappa shape index (κ3) is 3.14. The number of carbonyl (C=O) groups is 1. The van der Waals surface area contributed by atoms with Crippen molar-refractivity contribution in [3.63, 3.8) is 0 Å². The summed E-state index contributed by atoms with van der Waals surface area (Å²) in [5, 5.41) is 7.01. The zero-order valence-corrected chi connectivity index (χ0v) is 13.6. The van der Waals surface area contributed by atoms with Gasteiger partial charge >= 0.3 is 6.18 Å². The van der Waals surface area contributed by atoms with Crippen molar-refractivity contribution in [2.45, 2.75) is 12.7 Å². The molecule has 0 fully saturated rings. The minimum atomic E-state index is -4.78. The molecule has 0 saturated carbocycles. The van der Waals surface area contributed by atoms with E-state index in [-0.39, 0.29) is 17.3 Å². The molecule has 1 aromatic carbocycles. The van der Waals surface area contributed by atoms with Gasteiger partial charge in [-0.05, 0) is 24.3 Å². The van der Waals surface area contributed by atoms with Crippen LogP contribution in [0, 0.1) is 5.82 Å². The number of halogens is 4. The number of carbonyl (C=O) groups excluding carboxylic acids is 1. The van der Waals surface area contributed by atoms with E-state index in [1.807, 2.05) is 0 Å². The standard InChI is InChI=1S/C17H11F4N5O/c18-11-7-9(1-2-10(11)17(19,20)21)15-22-4-3-12(24-15)13-8-14-16(27)23-5-6-26(14)25-13/h1-4,7-8H,5-6H2,(H,23,27). The van der Waals surface area contributed by atoms with Crippen molar-refractivity contribution in [3.8, 4) is 22.8 Å². The Bertz CT molecular complexity index is 1040. The zero-order valence-electron chi connectivity index (χ0n) is 13.6. The van der Waals surface area contributed by atoms with Crippen LogP contribution in [0.5, 0.6) is 0 Å². The highest BCUT2D eigenvalue weighted by Crippen LogP contribution is 2.33. The molecule has 0 unspecified atom stereocenters. The summed E-state index contributed by atoms with van der Waals surface area (Å²) in [6, 6.07) is 5.62. The number of fused-ring (bicyclic) bond motifs is 1. The molecule has 2 aromatic heterocycles. The monoisotopic (exact) mass is 377 g/mol. The summed E-state index contributed by atoms with van der Waals surface area (Å²) < 4.78 is 53.5. The molecule has 0 saturated heterocycles. The van der Waals surface area contributed by atoms with Crippen molar-refractivity contribution in [3.05, 3.63) is 53.6 Å². The van der Waals surface area contributed by atoms with Crippen LogP contribution in [0.2, 0.25) is 0 Å². The second-order valence-corrected chi connectivity index (χ2v) is 5.85. The summed E-state index contributed by atoms with van der Waals surface area (Å²) in [6.45, 7) is 0.982. The molecule has 27 heavy (non-hydrogen) atoms. The number of alkyl halides is 3. The van der Waals surface area contributed by atoms with Gasteiger partial charge < -0.3 is 5.32 Å². The van der Waals surface area contributed by atoms with Gasteiger partial charge in [-0.25, -0.2) is 14.4 Å². The van der Waals surface area contributed by atoms with E-state index in [1.54, 1.807) is 16.8 Å². The number of benzene rings is 1. The number of hydrogen-bond donors (Lipinski definition) is 1. The van der Waals surface area contributed by atoms with Crippen LogP contribution >= 0.6 is 0 Å². The van der Waals surface area contributed by atoms with E-state index in [4.69, 9.17) is 0 Å². The highest BCUT2D eigenvalue weighted by molar-refractivity contribution is 5.94. The lowest BCUT2D eigenvalue weighted by atomic mass is 10.1. The smallest absolute Gasteiger partial charge is 0.349 e. The number of nitrogens with one attached hydrogen (secondary N) is 1. The van der Waals surface area contributed by atoms with Gasteiger partial charge in [0.25, 0.3) is 5.91 Å². The maximum atomic E-state index is 13.8. The second kappa shape index (κ2) is 6.15. The lowest BCUT2D eigenvalue weighted by Crippen LogP contribution is -2.35. The number of nitrogens with zero attached hydrogens (tertiary/aromatic N) is 4. The van der Waals surface area contributed by atoms with Gasteiger partial charge in [0.05, 0.1) is 17.8 Å². The van der Waals surface area contributed by atoms with Crippen molar-refractivity contribution >= 4 is 5.91 Å². The molecule has 0 atom stereocenters. The van der Waals surface area contributed by atoms with Gasteiger partial charge in [-0.1, -0.05) is 6.07 Å². The first-order valence-electron chi connectivity index (χ1n) is 7.89. The van der Waals surface area contributed by atoms with Crippen LogP contribution in [0.15, 0.2) is 36.5 Å². The Morgan fingerprint density at radius 3 is 2.63 bits per heavy atom. The number of amides is 1. The van der Waals surface area contributed by atoms with E-state index >= 15 is 0 Å². The molecule has 0 aliphatic carbocycles. The van der Waals surface area contributed by atoms with Crippen LogP contribution in [0.25, 0.3) is 22.8 Å². The van der Waals surface area contributed by atoms with Crippen LogP contribution in [0.3, 0.4) is 0 Å². The molecular formula is C17H11F4N5O. The van der Waals surface area contributed by atoms with Crippen LogP contribution < -0.4 is 5.32 Å². The fraction of sp³-hybridized carbons (Fsp3) is 0.176. The molecule has 3 heterocycles. The summed E-state index contributed by atoms with van der Waals surface area (Å²) in [4.78, 5) is 20.1. The SMILES string of the molecule is O=C1NCCn2nc(-c3ccnc(-c4ccc(C(F)(F)F)c(F)c4)n3)cc21. The minimum absolute atomic E-state index is 0.0514. The largest absolute Gasteiger partial charge is 0.419 e. The van der Waals surface area contributed by atoms with Gasteiger partial charge in [-0.3, -0.25) is 9.48 Å². The molecule has 3 aromatic rings. The molecule has 1 aliphatic heterocycles. The van der Waals surface area contributed by atoms with Crippen LogP contribution in [0.1, 0.15) is 16.1 Å². The van der Waals surface area contributed by atoms with Gasteiger partial charge in [0.15, 0.2) is 5.82 Å². The molecular weight excluding hydrogens is 366 g/mol. The molecule has 1 amide bonds. The Kier molecular flexibility index (Phi) is 3.90. The van der Waals surface area contributed by atoms with Gasteiger partial charge in [0, 0.05) is 18.3 Å². The van der Waals surface area contributed by atoms with Crippen molar-refractivity contribution in [1.29, 1.82) is 0 Å². The fourth-order valence-electron chi connectivity index (χ4n) is 2.79. The molecule has 1 N–H and O–H groups in total. The average Bonchev–Trinajstić information content (AvgIpc) is 3.06. The molecule has 138 valence electrons. The average molecular weight is 377 g/mol. The summed E-state index contributed by atoms with van der Waals surface area (Å²) in [5.41, 5.74) is -0.0793. The molecule has 0 radical (unpaired) electrons. The van der Waals surface area contributed by atoms with Gasteiger partial charge in [-0.2, -0.15) is 18.3 Å². The summed E-state index contributed by atoms with van der Waals surface area (Å²) >= 11 is 0. The zero-order chi connectivity index (χ0) is 19.2. The van der Waals surface area contributed by atoms with Crippen LogP contribution in [0.4, 0.5) is 17.6 Å². The molecule has 0 spiro atoms. The predicted octanol–water partition coefficient (Wildman–Crippen LogP) is 2.91. The lowest BCUT2D eigenvalue weighted by Gasteiger charge is -2.13. The highest BCUT2D eigenvalue weighted by Gasteiger charge is 2.34. The summed E-state index contributed by atoms with van der Waals surface area (Å²) in [5.74, 6) is -1.60. The van der Waals surface area contributed by atoms with Crippen molar-refractivity contribution < 1.29 is 22.4 Å². The number of rotatable bonds is 2. The number of aromatic nitrogens is 4. The fourth-order valence-corrected chi connectivity index (χ4v) is 2.79. The van der Waals surface area contributed by atoms with Gasteiger partial charge in [-0.15, -0.1) is 0 Å². The minimum Gasteiger partial charge on any atom is -0.349 e. The molecule has 4 rings (SSSR count). The van der Waals surface area contributed by atoms with E-state index < -0.39 is 17.6 Å². The van der Waals surface area contributed by atoms with E-state index in [9.17, 15) is 22.4 Å². The third-order valence-electron chi connectivity index (χ3n) is 4.07. The van der Waals surface area contributed by atoms with E-state index in [1.165, 1.54) is 6.20 Å². The van der Waals surface area contributed by atoms with Gasteiger partial charge in [0.2, 0.25) is 0 Å². The third-order valence-corrected chi connectivity index (χ3v) is 4.07. The van der Waals surface area contributed by atoms with E-state index in [0.717, 1.165) is 12.1 Å². The van der Waals surface area contributed by atoms with Crippen molar-refractivity contribution in [2.24, 2.45) is 0 Å². The lowest BCUT2D eigenvalue weighted by molar-refractivity contribution is -0.139. The van der Waals surface area contributed by atoms with Crippen molar-refractivity contribution in [1.82, 2.24) is 25.1 Å². The van der Waals surface area contributed by atoms with Crippen molar-refractivity contribution in [2.75, 3.05) is 6.54 Å². The Morgan fingerprint density at radius 2 is 1.93 bits per heavy atom. The first-order valence-corrected chi connectivity index (χ1v) is 7.89. The van der Waals surface area contributed by atoms with Crippen LogP contribution in [-0.2, 0) is 12.7 Å². The maximum Gasteiger partial charge on any atom is 0.419 e. The molecule has 0 bridgehead atoms. The van der Waals surface area contributed by atoms with E-state index in [2.05, 4.69) is 20.4 Å². The maximum absolute atomic E-state index is 13.8. The quantitative estimate of drug-likeness (QED) is 0.697. The van der Waals surface area contributed by atoms with Crippen LogP contribution in [-0.4, -0.2) is 32.2 Å². The topological polar surface area (TPSA) is 72.7 Å². The normalized spacial score (nSPS) is 14.0. The first kappa shape index (κ1) is 17.1. The predicted molar refractivity (Wildman–Crippen MR) is 86.0 cm³/mol. The van der Waals surface area contributed by atoms with E-state index in [0.29, 0.717) is 36.2 Å². The Morgan fingerprint density at radius 1 is 1.11 bits per heavy atom. The highest BCUT2D eigenvalue weighted by atomic mass is 19.4. The Balaban J connectivity index is 1.72. The Hall–Kier alpha value is -3.30. The molecule has 1 aliphatic rings. The summed E-state index contributed by atoms with van der Waals surface area (Å²) in [6.07, 6.45) is -3.38. The molecule has 10 heteroatoms.